The summed E-state index contributed by atoms with van der Waals surface area (Å²) in [5.74, 6) is 0.410. The Balaban J connectivity index is 1.57. The van der Waals surface area contributed by atoms with Crippen molar-refractivity contribution in [3.63, 3.8) is 0 Å². The third-order valence-corrected chi connectivity index (χ3v) is 5.10. The van der Waals surface area contributed by atoms with Gasteiger partial charge in [0.15, 0.2) is 11.5 Å². The van der Waals surface area contributed by atoms with Crippen LogP contribution in [0.3, 0.4) is 0 Å². The van der Waals surface area contributed by atoms with Gasteiger partial charge >= 0.3 is 5.97 Å². The molecule has 0 aromatic heterocycles. The summed E-state index contributed by atoms with van der Waals surface area (Å²) < 4.78 is 28.8. The molecule has 2 aliphatic heterocycles. The molecule has 0 bridgehead atoms. The van der Waals surface area contributed by atoms with E-state index in [1.807, 2.05) is 0 Å². The largest absolute Gasteiger partial charge is 0.485 e. The Morgan fingerprint density at radius 2 is 2.00 bits per heavy atom. The maximum atomic E-state index is 12.5. The Hall–Kier alpha value is -1.73. The lowest BCUT2D eigenvalue weighted by Gasteiger charge is -2.31. The minimum absolute atomic E-state index is 0.235. The fourth-order valence-electron chi connectivity index (χ4n) is 3.28. The van der Waals surface area contributed by atoms with Gasteiger partial charge in [0.1, 0.15) is 18.8 Å². The third kappa shape index (κ3) is 4.32. The lowest BCUT2D eigenvalue weighted by Crippen LogP contribution is -2.36. The van der Waals surface area contributed by atoms with Crippen LogP contribution in [0.2, 0.25) is 5.02 Å². The van der Waals surface area contributed by atoms with Crippen molar-refractivity contribution < 1.29 is 23.4 Å². The number of piperidine rings is 1. The Labute approximate surface area is 157 Å². The van der Waals surface area contributed by atoms with E-state index < -0.39 is 5.97 Å². The van der Waals surface area contributed by atoms with Crippen LogP contribution >= 0.6 is 11.6 Å². The molecular weight excluding hydrogens is 363 g/mol. The van der Waals surface area contributed by atoms with Gasteiger partial charge in [-0.25, -0.2) is 4.79 Å². The molecule has 2 heterocycles. The zero-order chi connectivity index (χ0) is 18.5. The zero-order valence-corrected chi connectivity index (χ0v) is 15.4. The van der Waals surface area contributed by atoms with Crippen molar-refractivity contribution in [3.05, 3.63) is 16.7 Å². The highest BCUT2D eigenvalue weighted by atomic mass is 35.5. The van der Waals surface area contributed by atoms with E-state index in [-0.39, 0.29) is 22.9 Å². The summed E-state index contributed by atoms with van der Waals surface area (Å²) >= 11 is 6.10. The number of nitrogen functional groups attached to an aromatic ring is 1. The van der Waals surface area contributed by atoms with E-state index in [0.29, 0.717) is 43.7 Å². The topological polar surface area (TPSA) is 74.0 Å². The van der Waals surface area contributed by atoms with Gasteiger partial charge in [-0.1, -0.05) is 11.6 Å². The predicted octanol–water partition coefficient (Wildman–Crippen LogP) is 2.92. The van der Waals surface area contributed by atoms with E-state index in [4.69, 9.17) is 31.5 Å². The SMILES string of the molecule is Nc1c(Cl)cc(C(=O)OCC2CCN(CCCF)CC2)c2c1OCCO2. The summed E-state index contributed by atoms with van der Waals surface area (Å²) in [6.07, 6.45) is 2.43. The molecule has 6 nitrogen and oxygen atoms in total. The van der Waals surface area contributed by atoms with Crippen molar-refractivity contribution in [1.29, 1.82) is 0 Å². The van der Waals surface area contributed by atoms with Crippen LogP contribution in [0.4, 0.5) is 10.1 Å². The van der Waals surface area contributed by atoms with Gasteiger partial charge in [-0.3, -0.25) is 4.39 Å². The second kappa shape index (κ2) is 8.77. The quantitative estimate of drug-likeness (QED) is 0.598. The standard InChI is InChI=1S/C18H24ClFN2O4/c19-14-10-13(16-17(15(14)21)25-9-8-24-16)18(23)26-11-12-2-6-22(7-3-12)5-1-4-20/h10,12H,1-9,11,21H2. The monoisotopic (exact) mass is 386 g/mol. The van der Waals surface area contributed by atoms with Crippen molar-refractivity contribution >= 4 is 23.3 Å². The van der Waals surface area contributed by atoms with Crippen LogP contribution in [0.5, 0.6) is 11.5 Å². The molecular formula is C18H24ClFN2O4. The normalized spacial score (nSPS) is 17.9. The number of likely N-dealkylation sites (tertiary alicyclic amines) is 1. The fourth-order valence-corrected chi connectivity index (χ4v) is 3.48. The zero-order valence-electron chi connectivity index (χ0n) is 14.6. The first-order valence-corrected chi connectivity index (χ1v) is 9.31. The molecule has 2 aliphatic rings. The van der Waals surface area contributed by atoms with E-state index in [9.17, 15) is 9.18 Å². The average molecular weight is 387 g/mol. The number of benzene rings is 1. The lowest BCUT2D eigenvalue weighted by molar-refractivity contribution is 0.0363. The van der Waals surface area contributed by atoms with Crippen molar-refractivity contribution in [2.45, 2.75) is 19.3 Å². The maximum absolute atomic E-state index is 12.5. The van der Waals surface area contributed by atoms with Crippen molar-refractivity contribution in [3.8, 4) is 11.5 Å². The van der Waals surface area contributed by atoms with Crippen LogP contribution in [0, 0.1) is 5.92 Å². The molecule has 0 aliphatic carbocycles. The molecule has 0 radical (unpaired) electrons. The molecule has 1 saturated heterocycles. The van der Waals surface area contributed by atoms with Gasteiger partial charge in [-0.05, 0) is 44.3 Å². The molecule has 3 rings (SSSR count). The summed E-state index contributed by atoms with van der Waals surface area (Å²) in [4.78, 5) is 14.8. The van der Waals surface area contributed by atoms with Crippen LogP contribution in [0.1, 0.15) is 29.6 Å². The summed E-state index contributed by atoms with van der Waals surface area (Å²) in [6.45, 7) is 3.35. The summed E-state index contributed by atoms with van der Waals surface area (Å²) in [7, 11) is 0. The number of hydrogen-bond acceptors (Lipinski definition) is 6. The van der Waals surface area contributed by atoms with Gasteiger partial charge in [0.2, 0.25) is 0 Å². The van der Waals surface area contributed by atoms with Crippen LogP contribution in [-0.4, -0.2) is 57.0 Å². The second-order valence-electron chi connectivity index (χ2n) is 6.60. The molecule has 0 atom stereocenters. The summed E-state index contributed by atoms with van der Waals surface area (Å²) in [5.41, 5.74) is 6.39. The number of nitrogens with zero attached hydrogens (tertiary/aromatic N) is 1. The number of hydrogen-bond donors (Lipinski definition) is 1. The van der Waals surface area contributed by atoms with Crippen LogP contribution in [0.25, 0.3) is 0 Å². The molecule has 1 aromatic carbocycles. The number of esters is 1. The maximum Gasteiger partial charge on any atom is 0.342 e. The van der Waals surface area contributed by atoms with Gasteiger partial charge in [-0.15, -0.1) is 0 Å². The lowest BCUT2D eigenvalue weighted by atomic mass is 9.97. The van der Waals surface area contributed by atoms with Gasteiger partial charge in [0, 0.05) is 6.54 Å². The minimum atomic E-state index is -0.492. The van der Waals surface area contributed by atoms with E-state index >= 15 is 0 Å². The molecule has 26 heavy (non-hydrogen) atoms. The Morgan fingerprint density at radius 3 is 2.69 bits per heavy atom. The predicted molar refractivity (Wildman–Crippen MR) is 96.9 cm³/mol. The van der Waals surface area contributed by atoms with E-state index in [1.54, 1.807) is 0 Å². The van der Waals surface area contributed by atoms with E-state index in [2.05, 4.69) is 4.90 Å². The second-order valence-corrected chi connectivity index (χ2v) is 7.01. The highest BCUT2D eigenvalue weighted by molar-refractivity contribution is 6.34. The molecule has 1 fully saturated rings. The van der Waals surface area contributed by atoms with E-state index in [0.717, 1.165) is 32.5 Å². The van der Waals surface area contributed by atoms with Gasteiger partial charge in [0.25, 0.3) is 0 Å². The molecule has 144 valence electrons. The summed E-state index contributed by atoms with van der Waals surface area (Å²) in [6, 6.07) is 1.46. The van der Waals surface area contributed by atoms with E-state index in [1.165, 1.54) is 6.07 Å². The number of fused-ring (bicyclic) bond motifs is 1. The number of carbonyl (C=O) groups excluding carboxylic acids is 1. The van der Waals surface area contributed by atoms with Crippen molar-refractivity contribution in [2.75, 3.05) is 51.9 Å². The third-order valence-electron chi connectivity index (χ3n) is 4.79. The minimum Gasteiger partial charge on any atom is -0.485 e. The van der Waals surface area contributed by atoms with Gasteiger partial charge < -0.3 is 24.8 Å². The number of halogens is 2. The number of alkyl halides is 1. The molecule has 1 aromatic rings. The molecule has 2 N–H and O–H groups in total. The van der Waals surface area contributed by atoms with Crippen LogP contribution in [-0.2, 0) is 4.74 Å². The molecule has 0 amide bonds. The Bertz CT molecular complexity index is 651. The molecule has 0 spiro atoms. The first-order chi connectivity index (χ1) is 12.6. The van der Waals surface area contributed by atoms with Crippen LogP contribution < -0.4 is 15.2 Å². The number of ether oxygens (including phenoxy) is 3. The molecule has 8 heteroatoms. The number of carbonyl (C=O) groups is 1. The highest BCUT2D eigenvalue weighted by Crippen LogP contribution is 2.43. The summed E-state index contributed by atoms with van der Waals surface area (Å²) in [5, 5.41) is 0.238. The van der Waals surface area contributed by atoms with Crippen molar-refractivity contribution in [1.82, 2.24) is 4.90 Å². The first-order valence-electron chi connectivity index (χ1n) is 8.93. The van der Waals surface area contributed by atoms with Gasteiger partial charge in [0.05, 0.1) is 24.0 Å². The Morgan fingerprint density at radius 1 is 1.31 bits per heavy atom. The van der Waals surface area contributed by atoms with Crippen molar-refractivity contribution in [2.24, 2.45) is 5.92 Å². The number of anilines is 1. The Kier molecular flexibility index (Phi) is 6.43. The fraction of sp³-hybridized carbons (Fsp3) is 0.611. The first kappa shape index (κ1) is 19.0. The average Bonchev–Trinajstić information content (AvgIpc) is 2.68. The smallest absolute Gasteiger partial charge is 0.342 e. The molecule has 0 saturated carbocycles. The highest BCUT2D eigenvalue weighted by Gasteiger charge is 2.27. The molecule has 0 unspecified atom stereocenters. The number of nitrogens with two attached hydrogens (primary N) is 1. The number of rotatable bonds is 6. The van der Waals surface area contributed by atoms with Crippen LogP contribution in [0.15, 0.2) is 6.07 Å². The van der Waals surface area contributed by atoms with Gasteiger partial charge in [-0.2, -0.15) is 0 Å².